The molecule has 0 fully saturated rings. The van der Waals surface area contributed by atoms with E-state index < -0.39 is 0 Å². The van der Waals surface area contributed by atoms with Crippen LogP contribution in [-0.4, -0.2) is 19.7 Å². The van der Waals surface area contributed by atoms with Crippen LogP contribution in [0.4, 0.5) is 11.4 Å². The third kappa shape index (κ3) is 9.86. The summed E-state index contributed by atoms with van der Waals surface area (Å²) in [5.41, 5.74) is 2.39. The second kappa shape index (κ2) is 16.3. The number of unbranched alkanes of at least 4 members (excludes halogenated alkanes) is 11. The summed E-state index contributed by atoms with van der Waals surface area (Å²) in [6, 6.07) is 17.4. The highest BCUT2D eigenvalue weighted by Gasteiger charge is 2.12. The molecule has 0 aromatic heterocycles. The van der Waals surface area contributed by atoms with Crippen LogP contribution in [0.25, 0.3) is 0 Å². The molecule has 0 amide bonds. The molecule has 176 valence electrons. The number of anilines is 2. The van der Waals surface area contributed by atoms with Crippen LogP contribution in [0.15, 0.2) is 54.6 Å². The van der Waals surface area contributed by atoms with Gasteiger partial charge in [0.15, 0.2) is 0 Å². The minimum Gasteiger partial charge on any atom is -0.465 e. The van der Waals surface area contributed by atoms with Crippen LogP contribution < -0.4 is 5.06 Å². The van der Waals surface area contributed by atoms with Gasteiger partial charge in [-0.3, -0.25) is 4.84 Å². The first-order chi connectivity index (χ1) is 15.8. The van der Waals surface area contributed by atoms with Gasteiger partial charge in [-0.15, -0.1) is 0 Å². The standard InChI is InChI=1S/C28H41NO3/c1-3-4-5-6-7-8-9-10-11-12-13-17-24-32-29(26-18-15-14-16-19-26)27-22-20-25(21-23-27)28(30)31-2/h14-16,18-23H,3-13,17,24H2,1-2H3. The SMILES string of the molecule is CCCCCCCCCCCCCCON(c1ccccc1)c1ccc(C(=O)OC)cc1. The lowest BCUT2D eigenvalue weighted by Crippen LogP contribution is -2.18. The number of esters is 1. The lowest BCUT2D eigenvalue weighted by Gasteiger charge is -2.24. The van der Waals surface area contributed by atoms with E-state index in [1.807, 2.05) is 47.5 Å². The van der Waals surface area contributed by atoms with Crippen LogP contribution in [0.2, 0.25) is 0 Å². The Morgan fingerprint density at radius 2 is 1.19 bits per heavy atom. The highest BCUT2D eigenvalue weighted by molar-refractivity contribution is 5.89. The van der Waals surface area contributed by atoms with Crippen molar-refractivity contribution in [2.75, 3.05) is 18.8 Å². The van der Waals surface area contributed by atoms with Crippen molar-refractivity contribution in [3.63, 3.8) is 0 Å². The number of nitrogens with zero attached hydrogens (tertiary/aromatic N) is 1. The maximum absolute atomic E-state index is 11.7. The van der Waals surface area contributed by atoms with Crippen LogP contribution in [0, 0.1) is 0 Å². The number of methoxy groups -OCH3 is 1. The van der Waals surface area contributed by atoms with Gasteiger partial charge in [0.25, 0.3) is 0 Å². The molecule has 0 radical (unpaired) electrons. The van der Waals surface area contributed by atoms with E-state index in [0.717, 1.165) is 17.8 Å². The smallest absolute Gasteiger partial charge is 0.337 e. The fraction of sp³-hybridized carbons (Fsp3) is 0.536. The third-order valence-electron chi connectivity index (χ3n) is 5.73. The van der Waals surface area contributed by atoms with Crippen LogP contribution >= 0.6 is 0 Å². The molecule has 2 aromatic rings. The second-order valence-electron chi connectivity index (χ2n) is 8.39. The molecule has 0 saturated heterocycles. The lowest BCUT2D eigenvalue weighted by atomic mass is 10.1. The molecular formula is C28H41NO3. The minimum atomic E-state index is -0.333. The van der Waals surface area contributed by atoms with Crippen molar-refractivity contribution in [3.8, 4) is 0 Å². The van der Waals surface area contributed by atoms with Gasteiger partial charge in [0.2, 0.25) is 0 Å². The number of benzene rings is 2. The van der Waals surface area contributed by atoms with Gasteiger partial charge in [0.1, 0.15) is 0 Å². The van der Waals surface area contributed by atoms with E-state index in [2.05, 4.69) is 6.92 Å². The van der Waals surface area contributed by atoms with Gasteiger partial charge in [0, 0.05) is 0 Å². The van der Waals surface area contributed by atoms with Gasteiger partial charge in [-0.05, 0) is 42.8 Å². The monoisotopic (exact) mass is 439 g/mol. The first-order valence-electron chi connectivity index (χ1n) is 12.4. The van der Waals surface area contributed by atoms with Crippen LogP contribution in [0.1, 0.15) is 94.3 Å². The molecule has 0 aliphatic carbocycles. The third-order valence-corrected chi connectivity index (χ3v) is 5.73. The average molecular weight is 440 g/mol. The summed E-state index contributed by atoms with van der Waals surface area (Å²) >= 11 is 0. The molecule has 4 heteroatoms. The first kappa shape index (κ1) is 25.9. The van der Waals surface area contributed by atoms with E-state index in [1.54, 1.807) is 12.1 Å². The van der Waals surface area contributed by atoms with Gasteiger partial charge >= 0.3 is 5.97 Å². The van der Waals surface area contributed by atoms with Crippen molar-refractivity contribution in [2.45, 2.75) is 84.0 Å². The zero-order valence-electron chi connectivity index (χ0n) is 20.1. The number of para-hydroxylation sites is 1. The van der Waals surface area contributed by atoms with Crippen molar-refractivity contribution in [1.82, 2.24) is 0 Å². The zero-order valence-corrected chi connectivity index (χ0v) is 20.1. The van der Waals surface area contributed by atoms with Gasteiger partial charge in [-0.2, -0.15) is 0 Å². The summed E-state index contributed by atoms with van der Waals surface area (Å²) in [6.07, 6.45) is 15.9. The van der Waals surface area contributed by atoms with Crippen LogP contribution in [0.5, 0.6) is 0 Å². The fourth-order valence-electron chi connectivity index (χ4n) is 3.81. The first-order valence-corrected chi connectivity index (χ1v) is 12.4. The lowest BCUT2D eigenvalue weighted by molar-refractivity contribution is 0.0600. The Kier molecular flexibility index (Phi) is 13.2. The predicted octanol–water partition coefficient (Wildman–Crippen LogP) is 8.24. The quantitative estimate of drug-likeness (QED) is 0.141. The van der Waals surface area contributed by atoms with Crippen LogP contribution in [-0.2, 0) is 9.57 Å². The number of rotatable bonds is 17. The second-order valence-corrected chi connectivity index (χ2v) is 8.39. The number of hydrogen-bond donors (Lipinski definition) is 0. The molecule has 4 nitrogen and oxygen atoms in total. The molecule has 0 bridgehead atoms. The minimum absolute atomic E-state index is 0.333. The Morgan fingerprint density at radius 1 is 0.688 bits per heavy atom. The summed E-state index contributed by atoms with van der Waals surface area (Å²) < 4.78 is 4.79. The van der Waals surface area contributed by atoms with Crippen molar-refractivity contribution in [3.05, 3.63) is 60.2 Å². The van der Waals surface area contributed by atoms with Gasteiger partial charge < -0.3 is 4.74 Å². The van der Waals surface area contributed by atoms with E-state index in [0.29, 0.717) is 12.2 Å². The Bertz CT molecular complexity index is 730. The van der Waals surface area contributed by atoms with Crippen molar-refractivity contribution >= 4 is 17.3 Å². The number of carbonyl (C=O) groups is 1. The largest absolute Gasteiger partial charge is 0.465 e. The number of hydrogen-bond acceptors (Lipinski definition) is 4. The Balaban J connectivity index is 1.69. The molecule has 2 aromatic carbocycles. The van der Waals surface area contributed by atoms with Crippen molar-refractivity contribution in [2.24, 2.45) is 0 Å². The molecule has 0 heterocycles. The van der Waals surface area contributed by atoms with Gasteiger partial charge in [-0.1, -0.05) is 95.8 Å². The Morgan fingerprint density at radius 3 is 1.72 bits per heavy atom. The highest BCUT2D eigenvalue weighted by atomic mass is 16.7. The van der Waals surface area contributed by atoms with E-state index >= 15 is 0 Å². The van der Waals surface area contributed by atoms with Gasteiger partial charge in [-0.25, -0.2) is 9.86 Å². The molecule has 0 N–H and O–H groups in total. The molecule has 0 spiro atoms. The zero-order chi connectivity index (χ0) is 22.9. The van der Waals surface area contributed by atoms with Gasteiger partial charge in [0.05, 0.1) is 30.7 Å². The van der Waals surface area contributed by atoms with E-state index in [-0.39, 0.29) is 5.97 Å². The fourth-order valence-corrected chi connectivity index (χ4v) is 3.81. The van der Waals surface area contributed by atoms with E-state index in [4.69, 9.17) is 9.57 Å². The van der Waals surface area contributed by atoms with Crippen molar-refractivity contribution < 1.29 is 14.4 Å². The molecular weight excluding hydrogens is 398 g/mol. The molecule has 32 heavy (non-hydrogen) atoms. The highest BCUT2D eigenvalue weighted by Crippen LogP contribution is 2.26. The summed E-state index contributed by atoms with van der Waals surface area (Å²) in [4.78, 5) is 17.9. The Labute approximate surface area is 194 Å². The molecule has 0 unspecified atom stereocenters. The summed E-state index contributed by atoms with van der Waals surface area (Å²) in [7, 11) is 1.39. The number of carbonyl (C=O) groups excluding carboxylic acids is 1. The maximum atomic E-state index is 11.7. The average Bonchev–Trinajstić information content (AvgIpc) is 2.84. The summed E-state index contributed by atoms with van der Waals surface area (Å²) in [5.74, 6) is -0.333. The molecule has 0 aliphatic rings. The summed E-state index contributed by atoms with van der Waals surface area (Å²) in [6.45, 7) is 2.94. The van der Waals surface area contributed by atoms with Crippen molar-refractivity contribution in [1.29, 1.82) is 0 Å². The van der Waals surface area contributed by atoms with E-state index in [1.165, 1.54) is 77.7 Å². The molecule has 0 saturated carbocycles. The number of ether oxygens (including phenoxy) is 1. The molecule has 0 aliphatic heterocycles. The maximum Gasteiger partial charge on any atom is 0.337 e. The molecule has 0 atom stereocenters. The molecule has 2 rings (SSSR count). The van der Waals surface area contributed by atoms with Crippen LogP contribution in [0.3, 0.4) is 0 Å². The Hall–Kier alpha value is -2.33. The topological polar surface area (TPSA) is 38.8 Å². The normalized spacial score (nSPS) is 10.8. The summed E-state index contributed by atoms with van der Waals surface area (Å²) in [5, 5.41) is 1.85. The van der Waals surface area contributed by atoms with E-state index in [9.17, 15) is 4.79 Å². The predicted molar refractivity (Wildman–Crippen MR) is 133 cm³/mol.